The van der Waals surface area contributed by atoms with Crippen molar-refractivity contribution in [2.24, 2.45) is 0 Å². The number of unbranched alkanes of at least 4 members (excludes halogenated alkanes) is 1. The lowest BCUT2D eigenvalue weighted by molar-refractivity contribution is 0.568. The number of sulfonamides is 2. The van der Waals surface area contributed by atoms with Crippen LogP contribution in [0.15, 0.2) is 65.6 Å². The van der Waals surface area contributed by atoms with Crippen LogP contribution in [-0.2, 0) is 26.5 Å². The van der Waals surface area contributed by atoms with Crippen molar-refractivity contribution >= 4 is 37.3 Å². The largest absolute Gasteiger partial charge is 0.264 e. The Morgan fingerprint density at radius 1 is 0.892 bits per heavy atom. The molecule has 0 saturated carbocycles. The molecule has 200 valence electrons. The normalized spacial score (nSPS) is 12.9. The molecule has 0 saturated heterocycles. The zero-order valence-electron chi connectivity index (χ0n) is 20.1. The maximum absolute atomic E-state index is 14.9. The topological polar surface area (TPSA) is 83.6 Å². The Balaban J connectivity index is 2.07. The molecule has 0 aliphatic heterocycles. The second-order valence-electron chi connectivity index (χ2n) is 8.35. The van der Waals surface area contributed by atoms with Crippen LogP contribution in [0.3, 0.4) is 0 Å². The molecule has 1 unspecified atom stereocenters. The molecule has 0 bridgehead atoms. The standard InChI is InChI=1S/C25H26ClF3N2O4S2/c1-17(23-12-8-20(27)15-18(23)5-3-4-14-36(32,33)30-2)31(25-16-21(28)9-13-24(25)29)37(34,35)22-10-6-19(26)7-11-22/h6-13,15-17,30H,3-5,14H2,1-2H3. The van der Waals surface area contributed by atoms with Crippen molar-refractivity contribution in [1.29, 1.82) is 0 Å². The zero-order chi connectivity index (χ0) is 27.4. The lowest BCUT2D eigenvalue weighted by Crippen LogP contribution is -2.35. The van der Waals surface area contributed by atoms with Gasteiger partial charge < -0.3 is 0 Å². The molecule has 3 aromatic rings. The van der Waals surface area contributed by atoms with Gasteiger partial charge in [-0.3, -0.25) is 4.31 Å². The first-order valence-corrected chi connectivity index (χ1v) is 14.8. The molecule has 0 spiro atoms. The molecule has 0 radical (unpaired) electrons. The third-order valence-electron chi connectivity index (χ3n) is 5.84. The van der Waals surface area contributed by atoms with E-state index in [1.54, 1.807) is 0 Å². The van der Waals surface area contributed by atoms with Crippen LogP contribution in [0.1, 0.15) is 36.9 Å². The second-order valence-corrected chi connectivity index (χ2v) is 12.6. The fraction of sp³-hybridized carbons (Fsp3) is 0.280. The molecule has 1 atom stereocenters. The predicted molar refractivity (Wildman–Crippen MR) is 138 cm³/mol. The molecule has 0 aliphatic rings. The summed E-state index contributed by atoms with van der Waals surface area (Å²) in [6.45, 7) is 1.49. The van der Waals surface area contributed by atoms with Crippen molar-refractivity contribution in [1.82, 2.24) is 4.72 Å². The highest BCUT2D eigenvalue weighted by Crippen LogP contribution is 2.37. The van der Waals surface area contributed by atoms with E-state index in [-0.39, 0.29) is 28.5 Å². The molecular formula is C25H26ClF3N2O4S2. The van der Waals surface area contributed by atoms with Crippen molar-refractivity contribution in [2.45, 2.75) is 37.1 Å². The van der Waals surface area contributed by atoms with Crippen LogP contribution < -0.4 is 9.03 Å². The van der Waals surface area contributed by atoms with Crippen LogP contribution in [0, 0.1) is 17.5 Å². The lowest BCUT2D eigenvalue weighted by atomic mass is 9.97. The number of benzene rings is 3. The minimum absolute atomic E-state index is 0.130. The fourth-order valence-electron chi connectivity index (χ4n) is 3.96. The van der Waals surface area contributed by atoms with Gasteiger partial charge in [-0.25, -0.2) is 34.7 Å². The van der Waals surface area contributed by atoms with Crippen molar-refractivity contribution in [3.63, 3.8) is 0 Å². The van der Waals surface area contributed by atoms with E-state index in [0.717, 1.165) is 28.6 Å². The lowest BCUT2D eigenvalue weighted by Gasteiger charge is -2.32. The van der Waals surface area contributed by atoms with Gasteiger partial charge in [0.05, 0.1) is 22.4 Å². The Labute approximate surface area is 220 Å². The van der Waals surface area contributed by atoms with Crippen molar-refractivity contribution in [2.75, 3.05) is 17.1 Å². The quantitative estimate of drug-likeness (QED) is 0.303. The van der Waals surface area contributed by atoms with Gasteiger partial charge in [0.15, 0.2) is 0 Å². The molecule has 3 aromatic carbocycles. The number of aryl methyl sites for hydroxylation is 1. The van der Waals surface area contributed by atoms with Gasteiger partial charge in [-0.2, -0.15) is 0 Å². The third-order valence-corrected chi connectivity index (χ3v) is 9.44. The van der Waals surface area contributed by atoms with Crippen molar-refractivity contribution in [3.05, 3.63) is 94.3 Å². The van der Waals surface area contributed by atoms with Crippen LogP contribution in [0.5, 0.6) is 0 Å². The highest BCUT2D eigenvalue weighted by Gasteiger charge is 2.33. The van der Waals surface area contributed by atoms with Gasteiger partial charge in [0.25, 0.3) is 10.0 Å². The average Bonchev–Trinajstić information content (AvgIpc) is 2.84. The Kier molecular flexibility index (Phi) is 9.27. The minimum Gasteiger partial charge on any atom is -0.256 e. The molecule has 3 rings (SSSR count). The average molecular weight is 575 g/mol. The van der Waals surface area contributed by atoms with E-state index >= 15 is 0 Å². The summed E-state index contributed by atoms with van der Waals surface area (Å²) < 4.78 is 97.2. The van der Waals surface area contributed by atoms with Crippen LogP contribution >= 0.6 is 11.6 Å². The van der Waals surface area contributed by atoms with E-state index in [9.17, 15) is 30.0 Å². The summed E-state index contributed by atoms with van der Waals surface area (Å²) in [5.41, 5.74) is 0.263. The van der Waals surface area contributed by atoms with E-state index in [1.807, 2.05) is 0 Å². The monoisotopic (exact) mass is 574 g/mol. The summed E-state index contributed by atoms with van der Waals surface area (Å²) in [6, 6.07) is 10.4. The summed E-state index contributed by atoms with van der Waals surface area (Å²) in [6.07, 6.45) is 0.873. The Morgan fingerprint density at radius 2 is 1.51 bits per heavy atom. The predicted octanol–water partition coefficient (Wildman–Crippen LogP) is 5.59. The molecule has 12 heteroatoms. The van der Waals surface area contributed by atoms with E-state index in [4.69, 9.17) is 11.6 Å². The molecule has 6 nitrogen and oxygen atoms in total. The van der Waals surface area contributed by atoms with Crippen LogP contribution in [0.25, 0.3) is 0 Å². The molecule has 37 heavy (non-hydrogen) atoms. The highest BCUT2D eigenvalue weighted by molar-refractivity contribution is 7.92. The van der Waals surface area contributed by atoms with Gasteiger partial charge >= 0.3 is 0 Å². The number of nitrogens with zero attached hydrogens (tertiary/aromatic N) is 1. The molecule has 0 amide bonds. The van der Waals surface area contributed by atoms with Crippen molar-refractivity contribution in [3.8, 4) is 0 Å². The Morgan fingerprint density at radius 3 is 2.16 bits per heavy atom. The number of halogens is 4. The molecular weight excluding hydrogens is 549 g/mol. The first-order valence-electron chi connectivity index (χ1n) is 11.3. The van der Waals surface area contributed by atoms with Gasteiger partial charge in [-0.05, 0) is 92.9 Å². The van der Waals surface area contributed by atoms with Gasteiger partial charge in [0.2, 0.25) is 10.0 Å². The molecule has 0 aromatic heterocycles. The Hall–Kier alpha value is -2.60. The first kappa shape index (κ1) is 29.0. The van der Waals surface area contributed by atoms with Crippen LogP contribution in [0.4, 0.5) is 18.9 Å². The molecule has 0 fully saturated rings. The molecule has 0 aliphatic carbocycles. The summed E-state index contributed by atoms with van der Waals surface area (Å²) in [7, 11) is -6.56. The SMILES string of the molecule is CNS(=O)(=O)CCCCc1cc(F)ccc1C(C)N(c1cc(F)ccc1F)S(=O)(=O)c1ccc(Cl)cc1. The van der Waals surface area contributed by atoms with E-state index < -0.39 is 49.2 Å². The van der Waals surface area contributed by atoms with Crippen molar-refractivity contribution < 1.29 is 30.0 Å². The van der Waals surface area contributed by atoms with Gasteiger partial charge in [0, 0.05) is 11.1 Å². The molecule has 1 N–H and O–H groups in total. The van der Waals surface area contributed by atoms with E-state index in [2.05, 4.69) is 4.72 Å². The number of hydrogen-bond donors (Lipinski definition) is 1. The smallest absolute Gasteiger partial charge is 0.256 e. The maximum Gasteiger partial charge on any atom is 0.264 e. The van der Waals surface area contributed by atoms with Gasteiger partial charge in [-0.1, -0.05) is 17.7 Å². The molecule has 0 heterocycles. The van der Waals surface area contributed by atoms with E-state index in [0.29, 0.717) is 17.5 Å². The maximum atomic E-state index is 14.9. The fourth-order valence-corrected chi connectivity index (χ4v) is 6.51. The van der Waals surface area contributed by atoms with Gasteiger partial charge in [0.1, 0.15) is 17.5 Å². The summed E-state index contributed by atoms with van der Waals surface area (Å²) in [4.78, 5) is -0.201. The highest BCUT2D eigenvalue weighted by atomic mass is 35.5. The van der Waals surface area contributed by atoms with Crippen LogP contribution in [0.2, 0.25) is 5.02 Å². The third kappa shape index (κ3) is 7.04. The number of nitrogens with one attached hydrogen (secondary N) is 1. The summed E-state index contributed by atoms with van der Waals surface area (Å²) in [5.74, 6) is -2.51. The van der Waals surface area contributed by atoms with Crippen LogP contribution in [-0.4, -0.2) is 29.6 Å². The Bertz CT molecular complexity index is 1470. The number of rotatable bonds is 11. The zero-order valence-corrected chi connectivity index (χ0v) is 22.5. The first-order chi connectivity index (χ1) is 17.4. The number of anilines is 1. The number of hydrogen-bond acceptors (Lipinski definition) is 4. The second kappa shape index (κ2) is 11.8. The summed E-state index contributed by atoms with van der Waals surface area (Å²) in [5, 5.41) is 0.289. The van der Waals surface area contributed by atoms with E-state index in [1.165, 1.54) is 50.4 Å². The minimum atomic E-state index is -4.45. The summed E-state index contributed by atoms with van der Waals surface area (Å²) >= 11 is 5.90. The van der Waals surface area contributed by atoms with Gasteiger partial charge in [-0.15, -0.1) is 0 Å².